The van der Waals surface area contributed by atoms with Crippen LogP contribution in [0, 0.1) is 75.5 Å². The second kappa shape index (κ2) is 65.9. The van der Waals surface area contributed by atoms with Gasteiger partial charge in [-0.05, 0) is 0 Å². The molecular formula is Ho2Ni7. The molecule has 0 nitrogen and oxygen atoms in total. The maximum atomic E-state index is 0. The molecule has 0 aromatic heterocycles. The largest absolute Gasteiger partial charge is 0 e. The molecule has 0 aromatic carbocycles. The van der Waals surface area contributed by atoms with E-state index in [4.69, 9.17) is 0 Å². The van der Waals surface area contributed by atoms with Gasteiger partial charge in [-0.3, -0.25) is 0 Å². The van der Waals surface area contributed by atoms with E-state index in [0.717, 1.165) is 0 Å². The van der Waals surface area contributed by atoms with Gasteiger partial charge in [-0.1, -0.05) is 0 Å². The van der Waals surface area contributed by atoms with E-state index < -0.39 is 0 Å². The molecule has 0 rings (SSSR count). The van der Waals surface area contributed by atoms with Crippen molar-refractivity contribution in [1.82, 2.24) is 0 Å². The van der Waals surface area contributed by atoms with E-state index in [1.54, 1.807) is 0 Å². The molecule has 0 saturated heterocycles. The third-order valence-corrected chi connectivity index (χ3v) is 0. The fourth-order valence-corrected chi connectivity index (χ4v) is 0. The van der Waals surface area contributed by atoms with E-state index in [9.17, 15) is 0 Å². The van der Waals surface area contributed by atoms with Crippen LogP contribution in [0.1, 0.15) is 0 Å². The van der Waals surface area contributed by atoms with Gasteiger partial charge in [0.05, 0.1) is 0 Å². The van der Waals surface area contributed by atoms with Crippen LogP contribution in [-0.4, -0.2) is 0 Å². The number of rotatable bonds is 0. The summed E-state index contributed by atoms with van der Waals surface area (Å²) < 4.78 is 0. The predicted octanol–water partition coefficient (Wildman–Crippen LogP) is -0.0175. The Kier molecular flexibility index (Phi) is 600. The van der Waals surface area contributed by atoms with Gasteiger partial charge in [0.2, 0.25) is 0 Å². The molecule has 92 valence electrons. The van der Waals surface area contributed by atoms with E-state index in [-0.39, 0.29) is 191 Å². The molecule has 0 heterocycles. The molecule has 0 aliphatic carbocycles. The van der Waals surface area contributed by atoms with Crippen LogP contribution in [0.25, 0.3) is 0 Å². The topological polar surface area (TPSA) is 0 Å². The Morgan fingerprint density at radius 1 is 0.222 bits per heavy atom. The van der Waals surface area contributed by atoms with E-state index >= 15 is 0 Å². The Hall–Kier alpha value is 5.97. The maximum absolute atomic E-state index is 0. The van der Waals surface area contributed by atoms with Gasteiger partial charge in [0.15, 0.2) is 0 Å². The summed E-state index contributed by atoms with van der Waals surface area (Å²) in [6.45, 7) is 0. The predicted molar refractivity (Wildman–Crippen MR) is 0 cm³/mol. The van der Waals surface area contributed by atoms with Gasteiger partial charge in [-0.25, -0.2) is 0 Å². The van der Waals surface area contributed by atoms with E-state index in [2.05, 4.69) is 0 Å². The second-order valence-electron chi connectivity index (χ2n) is 0. The average Bonchev–Trinajstić information content (AvgIpc) is 0. The second-order valence-corrected chi connectivity index (χ2v) is 0. The molecule has 9 heteroatoms. The molecule has 0 aliphatic rings. The van der Waals surface area contributed by atoms with Crippen molar-refractivity contribution in [3.63, 3.8) is 0 Å². The van der Waals surface area contributed by atoms with Crippen LogP contribution in [0.15, 0.2) is 0 Å². The first kappa shape index (κ1) is 81.9. The molecule has 0 amide bonds. The Balaban J connectivity index is 0. The molecule has 9 heavy (non-hydrogen) atoms. The van der Waals surface area contributed by atoms with Gasteiger partial charge in [-0.2, -0.15) is 0 Å². The Morgan fingerprint density at radius 2 is 0.222 bits per heavy atom. The van der Waals surface area contributed by atoms with Gasteiger partial charge < -0.3 is 0 Å². The summed E-state index contributed by atoms with van der Waals surface area (Å²) in [5.74, 6) is 0. The summed E-state index contributed by atoms with van der Waals surface area (Å²) in [6, 6.07) is 0. The summed E-state index contributed by atoms with van der Waals surface area (Å²) >= 11 is 0. The van der Waals surface area contributed by atoms with E-state index in [1.807, 2.05) is 0 Å². The zero-order valence-corrected chi connectivity index (χ0v) is 13.6. The fourth-order valence-electron chi connectivity index (χ4n) is 0. The maximum Gasteiger partial charge on any atom is 0 e. The van der Waals surface area contributed by atoms with Crippen LogP contribution in [0.4, 0.5) is 0 Å². The Morgan fingerprint density at radius 3 is 0.222 bits per heavy atom. The van der Waals surface area contributed by atoms with Gasteiger partial charge in [0, 0.05) is 191 Å². The first-order valence-corrected chi connectivity index (χ1v) is 0. The molecule has 0 saturated carbocycles. The Bertz CT molecular complexity index is 6.88. The van der Waals surface area contributed by atoms with Crippen molar-refractivity contribution in [2.45, 2.75) is 0 Å². The molecule has 0 aliphatic heterocycles. The molecular weight excluding hydrogens is 741 g/mol. The van der Waals surface area contributed by atoms with Crippen LogP contribution >= 0.6 is 0 Å². The third-order valence-electron chi connectivity index (χ3n) is 0. The van der Waals surface area contributed by atoms with Crippen LogP contribution in [0.3, 0.4) is 0 Å². The normalized spacial score (nSPS) is 0. The molecule has 0 unspecified atom stereocenters. The zero-order valence-electron chi connectivity index (χ0n) is 2.82. The van der Waals surface area contributed by atoms with Gasteiger partial charge in [0.1, 0.15) is 0 Å². The van der Waals surface area contributed by atoms with Crippen molar-refractivity contribution >= 4 is 0 Å². The van der Waals surface area contributed by atoms with Crippen molar-refractivity contribution in [1.29, 1.82) is 0 Å². The minimum absolute atomic E-state index is 0. The van der Waals surface area contributed by atoms with Gasteiger partial charge in [0.25, 0.3) is 0 Å². The average molecular weight is 741 g/mol. The minimum Gasteiger partial charge on any atom is 0 e. The van der Waals surface area contributed by atoms with Crippen molar-refractivity contribution in [3.05, 3.63) is 0 Å². The molecule has 0 fully saturated rings. The SMILES string of the molecule is [Ho].[Ho].[Ni].[Ni].[Ni].[Ni].[Ni].[Ni].[Ni]. The summed E-state index contributed by atoms with van der Waals surface area (Å²) in [5, 5.41) is 0. The molecule has 2 radical (unpaired) electrons. The smallest absolute Gasteiger partial charge is 0 e. The molecule has 0 bridgehead atoms. The minimum atomic E-state index is 0. The fraction of sp³-hybridized carbons (Fsp3) is 0. The van der Waals surface area contributed by atoms with Crippen molar-refractivity contribution in [2.24, 2.45) is 0 Å². The van der Waals surface area contributed by atoms with Gasteiger partial charge >= 0.3 is 0 Å². The first-order chi connectivity index (χ1) is 0. The Labute approximate surface area is 186 Å². The standard InChI is InChI=1S/2Ho.7Ni. The van der Waals surface area contributed by atoms with Crippen LogP contribution in [0.5, 0.6) is 0 Å². The van der Waals surface area contributed by atoms with E-state index in [1.165, 1.54) is 0 Å². The third kappa shape index (κ3) is 56.1. The number of hydrogen-bond donors (Lipinski definition) is 0. The molecule has 0 aromatic rings. The molecule has 0 N–H and O–H groups in total. The first-order valence-electron chi connectivity index (χ1n) is 0. The molecule has 0 atom stereocenters. The van der Waals surface area contributed by atoms with Crippen molar-refractivity contribution in [2.75, 3.05) is 0 Å². The van der Waals surface area contributed by atoms with Gasteiger partial charge in [-0.15, -0.1) is 0 Å². The molecule has 0 spiro atoms. The van der Waals surface area contributed by atoms with Crippen LogP contribution in [0.2, 0.25) is 0 Å². The van der Waals surface area contributed by atoms with Crippen molar-refractivity contribution in [3.8, 4) is 0 Å². The zero-order chi connectivity index (χ0) is 0. The number of hydrogen-bond acceptors (Lipinski definition) is 0. The van der Waals surface area contributed by atoms with Crippen LogP contribution < -0.4 is 0 Å². The van der Waals surface area contributed by atoms with Crippen molar-refractivity contribution < 1.29 is 191 Å². The van der Waals surface area contributed by atoms with Crippen LogP contribution in [-0.2, 0) is 115 Å². The van der Waals surface area contributed by atoms with E-state index in [0.29, 0.717) is 0 Å². The quantitative estimate of drug-likeness (QED) is 0.307. The summed E-state index contributed by atoms with van der Waals surface area (Å²) in [6.07, 6.45) is 0. The summed E-state index contributed by atoms with van der Waals surface area (Å²) in [4.78, 5) is 0. The summed E-state index contributed by atoms with van der Waals surface area (Å²) in [7, 11) is 0. The summed E-state index contributed by atoms with van der Waals surface area (Å²) in [5.41, 5.74) is 0. The monoisotopic (exact) mass is 735 g/mol.